The Morgan fingerprint density at radius 2 is 1.80 bits per heavy atom. The van der Waals surface area contributed by atoms with Gasteiger partial charge in [-0.25, -0.2) is 9.59 Å². The second kappa shape index (κ2) is 9.03. The van der Waals surface area contributed by atoms with Gasteiger partial charge in [-0.15, -0.1) is 0 Å². The molecule has 2 aromatic rings. The summed E-state index contributed by atoms with van der Waals surface area (Å²) >= 11 is 0. The van der Waals surface area contributed by atoms with Gasteiger partial charge in [0.2, 0.25) is 0 Å². The zero-order valence-corrected chi connectivity index (χ0v) is 16.8. The van der Waals surface area contributed by atoms with E-state index in [9.17, 15) is 14.7 Å². The fraction of sp³-hybridized carbons (Fsp3) is 0.333. The Morgan fingerprint density at radius 3 is 2.53 bits per heavy atom. The summed E-state index contributed by atoms with van der Waals surface area (Å²) in [5.41, 5.74) is 2.11. The second-order valence-corrected chi connectivity index (χ2v) is 7.88. The molecule has 0 radical (unpaired) electrons. The molecule has 4 rings (SSSR count). The highest BCUT2D eigenvalue weighted by Crippen LogP contribution is 2.33. The van der Waals surface area contributed by atoms with Crippen LogP contribution in [0.25, 0.3) is 5.70 Å². The van der Waals surface area contributed by atoms with E-state index in [4.69, 9.17) is 4.74 Å². The van der Waals surface area contributed by atoms with Crippen molar-refractivity contribution in [3.63, 3.8) is 0 Å². The maximum atomic E-state index is 13.3. The molecule has 0 spiro atoms. The van der Waals surface area contributed by atoms with Crippen molar-refractivity contribution >= 4 is 17.7 Å². The topological polar surface area (TPSA) is 87.7 Å². The molecule has 156 valence electrons. The van der Waals surface area contributed by atoms with Crippen molar-refractivity contribution in [3.8, 4) is 5.75 Å². The van der Waals surface area contributed by atoms with Crippen molar-refractivity contribution in [1.82, 2.24) is 10.6 Å². The van der Waals surface area contributed by atoms with E-state index in [-0.39, 0.29) is 5.75 Å². The molecule has 2 amide bonds. The third-order valence-electron chi connectivity index (χ3n) is 5.73. The Kier molecular flexibility index (Phi) is 6.02. The van der Waals surface area contributed by atoms with E-state index in [0.717, 1.165) is 18.4 Å². The highest BCUT2D eigenvalue weighted by molar-refractivity contribution is 6.04. The number of carbonyl (C=O) groups excluding carboxylic acids is 2. The van der Waals surface area contributed by atoms with E-state index < -0.39 is 18.0 Å². The third kappa shape index (κ3) is 4.48. The van der Waals surface area contributed by atoms with Crippen LogP contribution >= 0.6 is 0 Å². The fourth-order valence-corrected chi connectivity index (χ4v) is 4.20. The molecule has 1 aliphatic carbocycles. The quantitative estimate of drug-likeness (QED) is 0.647. The minimum Gasteiger partial charge on any atom is -0.508 e. The lowest BCUT2D eigenvalue weighted by Crippen LogP contribution is -2.45. The Hall–Kier alpha value is -3.28. The number of carbonyl (C=O) groups is 2. The van der Waals surface area contributed by atoms with Crippen molar-refractivity contribution in [2.75, 3.05) is 6.61 Å². The monoisotopic (exact) mass is 406 g/mol. The van der Waals surface area contributed by atoms with Gasteiger partial charge < -0.3 is 20.5 Å². The van der Waals surface area contributed by atoms with Crippen LogP contribution in [0.4, 0.5) is 4.79 Å². The molecular weight excluding hydrogens is 380 g/mol. The number of phenols is 1. The molecule has 0 saturated heterocycles. The summed E-state index contributed by atoms with van der Waals surface area (Å²) < 4.78 is 5.74. The number of benzene rings is 2. The van der Waals surface area contributed by atoms with Crippen LogP contribution in [-0.2, 0) is 9.53 Å². The summed E-state index contributed by atoms with van der Waals surface area (Å²) in [4.78, 5) is 25.7. The van der Waals surface area contributed by atoms with E-state index in [1.165, 1.54) is 19.3 Å². The van der Waals surface area contributed by atoms with Crippen molar-refractivity contribution in [3.05, 3.63) is 71.3 Å². The summed E-state index contributed by atoms with van der Waals surface area (Å²) in [7, 11) is 0. The first-order valence-electron chi connectivity index (χ1n) is 10.4. The summed E-state index contributed by atoms with van der Waals surface area (Å²) in [5.74, 6) is -0.00873. The highest BCUT2D eigenvalue weighted by atomic mass is 16.5. The maximum Gasteiger partial charge on any atom is 0.338 e. The van der Waals surface area contributed by atoms with Gasteiger partial charge in [0, 0.05) is 0 Å². The van der Waals surface area contributed by atoms with E-state index in [1.54, 1.807) is 24.3 Å². The lowest BCUT2D eigenvalue weighted by atomic mass is 9.90. The summed E-state index contributed by atoms with van der Waals surface area (Å²) in [6.07, 6.45) is 5.72. The van der Waals surface area contributed by atoms with Crippen LogP contribution < -0.4 is 10.6 Å². The molecule has 6 nitrogen and oxygen atoms in total. The molecule has 1 atom stereocenters. The van der Waals surface area contributed by atoms with Gasteiger partial charge in [0.1, 0.15) is 5.75 Å². The predicted octanol–water partition coefficient (Wildman–Crippen LogP) is 4.28. The molecule has 6 heteroatoms. The third-order valence-corrected chi connectivity index (χ3v) is 5.73. The van der Waals surface area contributed by atoms with Crippen molar-refractivity contribution in [2.24, 2.45) is 5.92 Å². The first kappa shape index (κ1) is 20.0. The van der Waals surface area contributed by atoms with Gasteiger partial charge in [-0.2, -0.15) is 0 Å². The largest absolute Gasteiger partial charge is 0.508 e. The smallest absolute Gasteiger partial charge is 0.338 e. The van der Waals surface area contributed by atoms with E-state index in [2.05, 4.69) is 10.6 Å². The second-order valence-electron chi connectivity index (χ2n) is 7.88. The van der Waals surface area contributed by atoms with Crippen LogP contribution in [0.1, 0.15) is 49.3 Å². The van der Waals surface area contributed by atoms with Crippen LogP contribution in [-0.4, -0.2) is 23.7 Å². The molecule has 30 heavy (non-hydrogen) atoms. The van der Waals surface area contributed by atoms with Crippen LogP contribution in [0.2, 0.25) is 0 Å². The van der Waals surface area contributed by atoms with Gasteiger partial charge in [-0.3, -0.25) is 0 Å². The van der Waals surface area contributed by atoms with Gasteiger partial charge in [-0.05, 0) is 42.0 Å². The number of phenolic OH excluding ortho intramolecular Hbond substituents is 1. The Balaban J connectivity index is 1.70. The Bertz CT molecular complexity index is 949. The van der Waals surface area contributed by atoms with Crippen molar-refractivity contribution in [2.45, 2.75) is 38.1 Å². The number of hydrogen-bond donors (Lipinski definition) is 3. The van der Waals surface area contributed by atoms with Gasteiger partial charge in [0.05, 0.1) is 23.9 Å². The summed E-state index contributed by atoms with van der Waals surface area (Å²) in [6, 6.07) is 14.7. The first-order valence-corrected chi connectivity index (χ1v) is 10.4. The standard InChI is InChI=1S/C24H26N2O4/c27-19-13-7-12-18(14-19)22-20(23(28)30-15-16-8-3-1-4-9-16)21(25-24(29)26-22)17-10-5-2-6-11-17/h2,5-7,10-14,16,22,27H,1,3-4,8-9,15H2,(H2,25,26,29). The number of aromatic hydroxyl groups is 1. The predicted molar refractivity (Wildman–Crippen MR) is 113 cm³/mol. The Morgan fingerprint density at radius 1 is 1.03 bits per heavy atom. The molecule has 2 aromatic carbocycles. The molecule has 1 fully saturated rings. The van der Waals surface area contributed by atoms with E-state index in [1.807, 2.05) is 30.3 Å². The zero-order valence-electron chi connectivity index (χ0n) is 16.8. The van der Waals surface area contributed by atoms with E-state index in [0.29, 0.717) is 29.4 Å². The molecule has 3 N–H and O–H groups in total. The fourth-order valence-electron chi connectivity index (χ4n) is 4.20. The molecular formula is C24H26N2O4. The number of amides is 2. The molecule has 1 heterocycles. The molecule has 0 aromatic heterocycles. The maximum absolute atomic E-state index is 13.3. The van der Waals surface area contributed by atoms with Gasteiger partial charge >= 0.3 is 12.0 Å². The number of ether oxygens (including phenoxy) is 1. The Labute approximate surface area is 175 Å². The number of esters is 1. The summed E-state index contributed by atoms with van der Waals surface area (Å²) in [5, 5.41) is 15.5. The van der Waals surface area contributed by atoms with Crippen LogP contribution in [0.3, 0.4) is 0 Å². The molecule has 0 bridgehead atoms. The molecule has 1 aliphatic heterocycles. The first-order chi connectivity index (χ1) is 14.6. The van der Waals surface area contributed by atoms with Gasteiger partial charge in [0.25, 0.3) is 0 Å². The van der Waals surface area contributed by atoms with Crippen LogP contribution in [0.5, 0.6) is 5.75 Å². The molecule has 2 aliphatic rings. The van der Waals surface area contributed by atoms with Crippen molar-refractivity contribution < 1.29 is 19.4 Å². The number of urea groups is 1. The molecule has 1 saturated carbocycles. The van der Waals surface area contributed by atoms with Crippen LogP contribution in [0.15, 0.2) is 60.2 Å². The highest BCUT2D eigenvalue weighted by Gasteiger charge is 2.35. The molecule has 1 unspecified atom stereocenters. The van der Waals surface area contributed by atoms with Crippen LogP contribution in [0, 0.1) is 5.92 Å². The van der Waals surface area contributed by atoms with Gasteiger partial charge in [0.15, 0.2) is 0 Å². The average molecular weight is 406 g/mol. The average Bonchev–Trinajstić information content (AvgIpc) is 2.78. The SMILES string of the molecule is O=C1NC(c2ccccc2)=C(C(=O)OCC2CCCCC2)C(c2cccc(O)c2)N1. The van der Waals surface area contributed by atoms with Crippen molar-refractivity contribution in [1.29, 1.82) is 0 Å². The summed E-state index contributed by atoms with van der Waals surface area (Å²) in [6.45, 7) is 0.380. The minimum absolute atomic E-state index is 0.0662. The van der Waals surface area contributed by atoms with E-state index >= 15 is 0 Å². The number of rotatable bonds is 5. The number of hydrogen-bond acceptors (Lipinski definition) is 4. The zero-order chi connectivity index (χ0) is 20.9. The normalized spacial score (nSPS) is 19.7. The minimum atomic E-state index is -0.722. The lowest BCUT2D eigenvalue weighted by Gasteiger charge is -2.30. The lowest BCUT2D eigenvalue weighted by molar-refractivity contribution is -0.141. The van der Waals surface area contributed by atoms with Gasteiger partial charge in [-0.1, -0.05) is 61.7 Å². The number of nitrogens with one attached hydrogen (secondary N) is 2.